The molecule has 3 N–H and O–H groups in total. The second kappa shape index (κ2) is 7.69. The molecule has 4 nitrogen and oxygen atoms in total. The van der Waals surface area contributed by atoms with Crippen LogP contribution in [-0.2, 0) is 6.54 Å². The molecule has 8 heteroatoms. The lowest BCUT2D eigenvalue weighted by Gasteiger charge is -2.43. The quantitative estimate of drug-likeness (QED) is 0.560. The van der Waals surface area contributed by atoms with E-state index in [1.807, 2.05) is 18.2 Å². The van der Waals surface area contributed by atoms with E-state index in [0.29, 0.717) is 26.6 Å². The van der Waals surface area contributed by atoms with E-state index in [9.17, 15) is 0 Å². The lowest BCUT2D eigenvalue weighted by Crippen LogP contribution is -2.58. The first kappa shape index (κ1) is 19.2. The van der Waals surface area contributed by atoms with Gasteiger partial charge in [0.25, 0.3) is 0 Å². The van der Waals surface area contributed by atoms with Crippen LogP contribution in [0.15, 0.2) is 35.3 Å². The van der Waals surface area contributed by atoms with Gasteiger partial charge in [0.15, 0.2) is 0 Å². The average Bonchev–Trinajstić information content (AvgIpc) is 2.65. The van der Waals surface area contributed by atoms with E-state index in [-0.39, 0.29) is 5.54 Å². The Morgan fingerprint density at radius 1 is 0.926 bits per heavy atom. The molecule has 0 atom stereocenters. The van der Waals surface area contributed by atoms with Gasteiger partial charge in [0.2, 0.25) is 0 Å². The maximum atomic E-state index is 6.21. The Hall–Kier alpha value is -1.17. The number of aliphatic imine (C=N–C) groups is 1. The molecule has 2 aromatic rings. The SMILES string of the molecule is Clc1ccc(CNC2=Nc3cc(Cl)c(Cl)cc3NC23CCNCC3)cc1Cl. The first-order valence-electron chi connectivity index (χ1n) is 8.72. The maximum absolute atomic E-state index is 6.21. The Balaban J connectivity index is 1.66. The van der Waals surface area contributed by atoms with Gasteiger partial charge in [0.1, 0.15) is 5.84 Å². The fourth-order valence-electron chi connectivity index (χ4n) is 3.53. The van der Waals surface area contributed by atoms with Crippen molar-refractivity contribution in [1.82, 2.24) is 10.6 Å². The van der Waals surface area contributed by atoms with Crippen LogP contribution in [0.5, 0.6) is 0 Å². The predicted molar refractivity (Wildman–Crippen MR) is 115 cm³/mol. The smallest absolute Gasteiger partial charge is 0.128 e. The minimum Gasteiger partial charge on any atom is -0.371 e. The van der Waals surface area contributed by atoms with E-state index >= 15 is 0 Å². The zero-order valence-corrected chi connectivity index (χ0v) is 17.4. The summed E-state index contributed by atoms with van der Waals surface area (Å²) in [6.07, 6.45) is 1.83. The summed E-state index contributed by atoms with van der Waals surface area (Å²) < 4.78 is 0. The molecule has 27 heavy (non-hydrogen) atoms. The number of halogens is 4. The highest BCUT2D eigenvalue weighted by atomic mass is 35.5. The van der Waals surface area contributed by atoms with E-state index in [1.165, 1.54) is 0 Å². The van der Waals surface area contributed by atoms with E-state index in [0.717, 1.165) is 48.7 Å². The largest absolute Gasteiger partial charge is 0.371 e. The van der Waals surface area contributed by atoms with Crippen LogP contribution in [-0.4, -0.2) is 24.5 Å². The fraction of sp³-hybridized carbons (Fsp3) is 0.316. The molecular formula is C19H18Cl4N4. The summed E-state index contributed by atoms with van der Waals surface area (Å²) >= 11 is 24.5. The summed E-state index contributed by atoms with van der Waals surface area (Å²) in [5, 5.41) is 12.7. The molecule has 0 saturated carbocycles. The van der Waals surface area contributed by atoms with Gasteiger partial charge in [-0.15, -0.1) is 0 Å². The molecule has 2 aliphatic rings. The van der Waals surface area contributed by atoms with Crippen LogP contribution in [0.4, 0.5) is 11.4 Å². The third-order valence-corrected chi connectivity index (χ3v) is 6.46. The van der Waals surface area contributed by atoms with Crippen molar-refractivity contribution in [2.75, 3.05) is 18.4 Å². The second-order valence-corrected chi connectivity index (χ2v) is 8.43. The third-order valence-electron chi connectivity index (χ3n) is 5.00. The van der Waals surface area contributed by atoms with Crippen molar-refractivity contribution >= 4 is 63.6 Å². The molecule has 2 heterocycles. The van der Waals surface area contributed by atoms with Crippen LogP contribution >= 0.6 is 46.4 Å². The standard InChI is InChI=1S/C19H18Cl4N4/c20-12-2-1-11(7-13(12)21)10-25-18-19(3-5-24-6-4-19)27-17-9-15(23)14(22)8-16(17)26-18/h1-2,7-9,24,27H,3-6,10H2,(H,25,26). The normalized spacial score (nSPS) is 17.9. The number of anilines is 1. The van der Waals surface area contributed by atoms with E-state index in [4.69, 9.17) is 51.4 Å². The van der Waals surface area contributed by atoms with Gasteiger partial charge < -0.3 is 16.0 Å². The highest BCUT2D eigenvalue weighted by Gasteiger charge is 2.40. The molecule has 0 bridgehead atoms. The number of fused-ring (bicyclic) bond motifs is 1. The predicted octanol–water partition coefficient (Wildman–Crippen LogP) is 5.67. The third kappa shape index (κ3) is 3.87. The topological polar surface area (TPSA) is 48.5 Å². The maximum Gasteiger partial charge on any atom is 0.128 e. The average molecular weight is 444 g/mol. The van der Waals surface area contributed by atoms with Crippen LogP contribution < -0.4 is 16.0 Å². The van der Waals surface area contributed by atoms with Gasteiger partial charge in [0.05, 0.1) is 37.0 Å². The van der Waals surface area contributed by atoms with Gasteiger partial charge in [-0.1, -0.05) is 52.5 Å². The van der Waals surface area contributed by atoms with Crippen LogP contribution in [0.2, 0.25) is 20.1 Å². The van der Waals surface area contributed by atoms with Gasteiger partial charge in [-0.25, -0.2) is 4.99 Å². The van der Waals surface area contributed by atoms with Crippen molar-refractivity contribution in [3.05, 3.63) is 56.0 Å². The Morgan fingerprint density at radius 2 is 1.63 bits per heavy atom. The molecule has 0 radical (unpaired) electrons. The first-order chi connectivity index (χ1) is 13.0. The number of hydrogen-bond acceptors (Lipinski definition) is 4. The summed E-state index contributed by atoms with van der Waals surface area (Å²) in [5.41, 5.74) is 2.47. The summed E-state index contributed by atoms with van der Waals surface area (Å²) in [7, 11) is 0. The molecule has 1 saturated heterocycles. The number of nitrogens with one attached hydrogen (secondary N) is 3. The van der Waals surface area contributed by atoms with Crippen LogP contribution in [0.25, 0.3) is 0 Å². The zero-order valence-electron chi connectivity index (χ0n) is 14.4. The summed E-state index contributed by atoms with van der Waals surface area (Å²) in [6.45, 7) is 2.43. The first-order valence-corrected chi connectivity index (χ1v) is 10.2. The molecule has 2 aliphatic heterocycles. The molecule has 142 valence electrons. The van der Waals surface area contributed by atoms with Crippen LogP contribution in [0, 0.1) is 0 Å². The Bertz CT molecular complexity index is 907. The minimum atomic E-state index is -0.258. The highest BCUT2D eigenvalue weighted by molar-refractivity contribution is 6.42. The molecule has 0 aliphatic carbocycles. The Morgan fingerprint density at radius 3 is 2.37 bits per heavy atom. The molecule has 2 aromatic carbocycles. The van der Waals surface area contributed by atoms with Gasteiger partial charge in [0, 0.05) is 6.54 Å². The monoisotopic (exact) mass is 442 g/mol. The van der Waals surface area contributed by atoms with Gasteiger partial charge in [-0.3, -0.25) is 0 Å². The molecule has 0 unspecified atom stereocenters. The lowest BCUT2D eigenvalue weighted by atomic mass is 9.85. The molecular weight excluding hydrogens is 426 g/mol. The summed E-state index contributed by atoms with van der Waals surface area (Å²) in [4.78, 5) is 4.89. The van der Waals surface area contributed by atoms with Crippen LogP contribution in [0.3, 0.4) is 0 Å². The Kier molecular flexibility index (Phi) is 5.45. The number of benzene rings is 2. The summed E-state index contributed by atoms with van der Waals surface area (Å²) in [6, 6.07) is 9.27. The van der Waals surface area contributed by atoms with Crippen molar-refractivity contribution in [2.24, 2.45) is 4.99 Å². The zero-order chi connectivity index (χ0) is 19.0. The second-order valence-electron chi connectivity index (χ2n) is 6.80. The van der Waals surface area contributed by atoms with Gasteiger partial charge >= 0.3 is 0 Å². The van der Waals surface area contributed by atoms with E-state index in [1.54, 1.807) is 12.1 Å². The van der Waals surface area contributed by atoms with Crippen molar-refractivity contribution in [2.45, 2.75) is 24.9 Å². The number of nitrogens with zero attached hydrogens (tertiary/aromatic N) is 1. The molecule has 1 fully saturated rings. The highest BCUT2D eigenvalue weighted by Crippen LogP contribution is 2.41. The van der Waals surface area contributed by atoms with Crippen molar-refractivity contribution in [1.29, 1.82) is 0 Å². The molecule has 1 spiro atoms. The number of hydrogen-bond donors (Lipinski definition) is 3. The van der Waals surface area contributed by atoms with Crippen molar-refractivity contribution in [3.8, 4) is 0 Å². The summed E-state index contributed by atoms with van der Waals surface area (Å²) in [5.74, 6) is 0.904. The number of piperidine rings is 1. The fourth-order valence-corrected chi connectivity index (χ4v) is 4.18. The van der Waals surface area contributed by atoms with E-state index < -0.39 is 0 Å². The van der Waals surface area contributed by atoms with Gasteiger partial charge in [-0.05, 0) is 55.8 Å². The molecule has 4 rings (SSSR count). The van der Waals surface area contributed by atoms with E-state index in [2.05, 4.69) is 16.0 Å². The number of rotatable bonds is 2. The van der Waals surface area contributed by atoms with Crippen molar-refractivity contribution < 1.29 is 0 Å². The minimum absolute atomic E-state index is 0.258. The Labute approximate surface area is 178 Å². The van der Waals surface area contributed by atoms with Crippen molar-refractivity contribution in [3.63, 3.8) is 0 Å². The molecule has 0 amide bonds. The van der Waals surface area contributed by atoms with Gasteiger partial charge in [-0.2, -0.15) is 0 Å². The number of amidine groups is 1. The molecule has 0 aromatic heterocycles. The van der Waals surface area contributed by atoms with Crippen LogP contribution in [0.1, 0.15) is 18.4 Å². The lowest BCUT2D eigenvalue weighted by molar-refractivity contribution is 0.412.